The number of hydrogen-bond donors (Lipinski definition) is 2. The Balaban J connectivity index is 1.66. The van der Waals surface area contributed by atoms with Gasteiger partial charge in [0.05, 0.1) is 29.4 Å². The van der Waals surface area contributed by atoms with Crippen LogP contribution in [-0.2, 0) is 4.74 Å². The number of halogens is 2. The molecule has 5 nitrogen and oxygen atoms in total. The summed E-state index contributed by atoms with van der Waals surface area (Å²) in [6.45, 7) is 6.01. The van der Waals surface area contributed by atoms with E-state index in [1.165, 1.54) is 0 Å². The Kier molecular flexibility index (Phi) is 5.62. The molecule has 0 radical (unpaired) electrons. The van der Waals surface area contributed by atoms with Gasteiger partial charge in [-0.25, -0.2) is 4.98 Å². The van der Waals surface area contributed by atoms with Crippen LogP contribution in [0.4, 0.5) is 5.82 Å². The Hall–Kier alpha value is -0.920. The maximum absolute atomic E-state index is 10.6. The largest absolute Gasteiger partial charge is 0.387 e. The van der Waals surface area contributed by atoms with Crippen molar-refractivity contribution in [3.8, 4) is 0 Å². The number of morpholine rings is 1. The van der Waals surface area contributed by atoms with Gasteiger partial charge < -0.3 is 15.2 Å². The molecule has 1 aromatic heterocycles. The number of hydrogen-bond acceptors (Lipinski definition) is 5. The second-order valence-corrected chi connectivity index (χ2v) is 7.72. The second-order valence-electron chi connectivity index (χ2n) is 6.39. The zero-order valence-corrected chi connectivity index (χ0v) is 15.9. The van der Waals surface area contributed by atoms with Crippen LogP contribution >= 0.6 is 27.5 Å². The van der Waals surface area contributed by atoms with Gasteiger partial charge >= 0.3 is 0 Å². The van der Waals surface area contributed by atoms with E-state index in [2.05, 4.69) is 31.1 Å². The maximum atomic E-state index is 10.6. The normalized spacial score (nSPS) is 18.5. The molecule has 0 bridgehead atoms. The van der Waals surface area contributed by atoms with Gasteiger partial charge in [-0.1, -0.05) is 27.5 Å². The minimum absolute atomic E-state index is 0.414. The standard InChI is InChI=1S/C17H21BrClN3O2/c1-17(23,11-22-4-6-24-7-5-22)10-20-15-3-2-12-8-13(18)9-14(19)16(12)21-15/h2-3,8-9,23H,4-7,10-11H2,1H3,(H,20,21)/t17-/m0/s1. The average Bonchev–Trinajstić information content (AvgIpc) is 2.54. The number of aliphatic hydroxyl groups is 1. The number of anilines is 1. The Labute approximate surface area is 155 Å². The highest BCUT2D eigenvalue weighted by Gasteiger charge is 2.25. The minimum atomic E-state index is -0.850. The summed E-state index contributed by atoms with van der Waals surface area (Å²) in [6.07, 6.45) is 0. The van der Waals surface area contributed by atoms with Gasteiger partial charge in [0.2, 0.25) is 0 Å². The van der Waals surface area contributed by atoms with Crippen molar-refractivity contribution in [1.29, 1.82) is 0 Å². The molecule has 1 fully saturated rings. The van der Waals surface area contributed by atoms with Crippen molar-refractivity contribution in [3.63, 3.8) is 0 Å². The summed E-state index contributed by atoms with van der Waals surface area (Å²) in [4.78, 5) is 6.77. The first-order valence-electron chi connectivity index (χ1n) is 7.95. The third-order valence-electron chi connectivity index (χ3n) is 4.03. The Morgan fingerprint density at radius 2 is 2.12 bits per heavy atom. The highest BCUT2D eigenvalue weighted by Crippen LogP contribution is 2.27. The predicted molar refractivity (Wildman–Crippen MR) is 101 cm³/mol. The number of aromatic nitrogens is 1. The molecule has 24 heavy (non-hydrogen) atoms. The van der Waals surface area contributed by atoms with Gasteiger partial charge in [-0.2, -0.15) is 0 Å². The van der Waals surface area contributed by atoms with Crippen LogP contribution in [0.2, 0.25) is 5.02 Å². The van der Waals surface area contributed by atoms with Crippen molar-refractivity contribution < 1.29 is 9.84 Å². The molecule has 2 heterocycles. The summed E-state index contributed by atoms with van der Waals surface area (Å²) >= 11 is 9.70. The van der Waals surface area contributed by atoms with Crippen molar-refractivity contribution in [2.75, 3.05) is 44.7 Å². The lowest BCUT2D eigenvalue weighted by Gasteiger charge is -2.34. The van der Waals surface area contributed by atoms with E-state index in [1.54, 1.807) is 0 Å². The van der Waals surface area contributed by atoms with E-state index in [9.17, 15) is 5.11 Å². The molecule has 130 valence electrons. The SMILES string of the molecule is C[C@](O)(CNc1ccc2cc(Br)cc(Cl)c2n1)CN1CCOCC1. The number of fused-ring (bicyclic) bond motifs is 1. The van der Waals surface area contributed by atoms with E-state index >= 15 is 0 Å². The first-order valence-corrected chi connectivity index (χ1v) is 9.12. The molecule has 1 atom stereocenters. The van der Waals surface area contributed by atoms with Crippen LogP contribution in [-0.4, -0.2) is 60.0 Å². The van der Waals surface area contributed by atoms with Crippen LogP contribution in [0.3, 0.4) is 0 Å². The molecule has 0 amide bonds. The highest BCUT2D eigenvalue weighted by atomic mass is 79.9. The molecule has 1 aliphatic rings. The number of rotatable bonds is 5. The summed E-state index contributed by atoms with van der Waals surface area (Å²) in [5, 5.41) is 15.4. The fraction of sp³-hybridized carbons (Fsp3) is 0.471. The van der Waals surface area contributed by atoms with Crippen molar-refractivity contribution in [3.05, 3.63) is 33.8 Å². The van der Waals surface area contributed by atoms with Crippen molar-refractivity contribution in [2.24, 2.45) is 0 Å². The first-order chi connectivity index (χ1) is 11.4. The zero-order valence-electron chi connectivity index (χ0n) is 13.6. The molecule has 0 aliphatic carbocycles. The quantitative estimate of drug-likeness (QED) is 0.787. The highest BCUT2D eigenvalue weighted by molar-refractivity contribution is 9.10. The number of benzene rings is 1. The minimum Gasteiger partial charge on any atom is -0.387 e. The zero-order chi connectivity index (χ0) is 17.2. The fourth-order valence-electron chi connectivity index (χ4n) is 2.83. The maximum Gasteiger partial charge on any atom is 0.126 e. The van der Waals surface area contributed by atoms with E-state index in [0.717, 1.165) is 41.7 Å². The number of nitrogens with zero attached hydrogens (tertiary/aromatic N) is 2. The van der Waals surface area contributed by atoms with E-state index in [4.69, 9.17) is 16.3 Å². The Morgan fingerprint density at radius 1 is 1.38 bits per heavy atom. The summed E-state index contributed by atoms with van der Waals surface area (Å²) in [5.41, 5.74) is -0.102. The molecule has 0 spiro atoms. The predicted octanol–water partition coefficient (Wildman–Crippen LogP) is 3.15. The number of pyridine rings is 1. The third kappa shape index (κ3) is 4.58. The lowest BCUT2D eigenvalue weighted by molar-refractivity contribution is -0.0163. The summed E-state index contributed by atoms with van der Waals surface area (Å²) in [5.74, 6) is 0.703. The first kappa shape index (κ1) is 17.9. The van der Waals surface area contributed by atoms with Crippen LogP contribution in [0.1, 0.15) is 6.92 Å². The molecule has 1 aliphatic heterocycles. The Morgan fingerprint density at radius 3 is 2.88 bits per heavy atom. The van der Waals surface area contributed by atoms with Crippen LogP contribution in [0.25, 0.3) is 10.9 Å². The second kappa shape index (κ2) is 7.54. The van der Waals surface area contributed by atoms with Gasteiger partial charge in [0.1, 0.15) is 5.82 Å². The van der Waals surface area contributed by atoms with Gasteiger partial charge in [-0.15, -0.1) is 0 Å². The summed E-state index contributed by atoms with van der Waals surface area (Å²) in [7, 11) is 0. The molecule has 1 aromatic carbocycles. The molecule has 2 aromatic rings. The summed E-state index contributed by atoms with van der Waals surface area (Å²) in [6, 6.07) is 7.68. The number of β-amino-alcohol motifs (C(OH)–C–C–N with tert-alkyl or cyclic N) is 1. The van der Waals surface area contributed by atoms with Crippen LogP contribution < -0.4 is 5.32 Å². The van der Waals surface area contributed by atoms with Crippen molar-refractivity contribution in [1.82, 2.24) is 9.88 Å². The van der Waals surface area contributed by atoms with Crippen LogP contribution in [0, 0.1) is 0 Å². The van der Waals surface area contributed by atoms with Crippen LogP contribution in [0.15, 0.2) is 28.7 Å². The molecule has 0 unspecified atom stereocenters. The van der Waals surface area contributed by atoms with Crippen molar-refractivity contribution in [2.45, 2.75) is 12.5 Å². The summed E-state index contributed by atoms with van der Waals surface area (Å²) < 4.78 is 6.27. The number of ether oxygens (including phenoxy) is 1. The molecule has 7 heteroatoms. The lowest BCUT2D eigenvalue weighted by atomic mass is 10.1. The van der Waals surface area contributed by atoms with E-state index in [1.807, 2.05) is 31.2 Å². The van der Waals surface area contributed by atoms with Crippen LogP contribution in [0.5, 0.6) is 0 Å². The molecule has 1 saturated heterocycles. The van der Waals surface area contributed by atoms with Gasteiger partial charge in [-0.3, -0.25) is 4.90 Å². The van der Waals surface area contributed by atoms with Gasteiger partial charge in [0.25, 0.3) is 0 Å². The topological polar surface area (TPSA) is 57.6 Å². The molecular weight excluding hydrogens is 394 g/mol. The van der Waals surface area contributed by atoms with Gasteiger partial charge in [-0.05, 0) is 31.2 Å². The van der Waals surface area contributed by atoms with Gasteiger partial charge in [0, 0.05) is 36.0 Å². The molecule has 0 saturated carbocycles. The smallest absolute Gasteiger partial charge is 0.126 e. The monoisotopic (exact) mass is 413 g/mol. The number of nitrogens with one attached hydrogen (secondary N) is 1. The fourth-order valence-corrected chi connectivity index (χ4v) is 3.71. The molecule has 3 rings (SSSR count). The third-order valence-corrected chi connectivity index (χ3v) is 4.77. The van der Waals surface area contributed by atoms with E-state index in [0.29, 0.717) is 23.9 Å². The molecule has 2 N–H and O–H groups in total. The molecular formula is C17H21BrClN3O2. The van der Waals surface area contributed by atoms with E-state index < -0.39 is 5.60 Å². The lowest BCUT2D eigenvalue weighted by Crippen LogP contribution is -2.49. The average molecular weight is 415 g/mol. The van der Waals surface area contributed by atoms with E-state index in [-0.39, 0.29) is 0 Å². The van der Waals surface area contributed by atoms with Gasteiger partial charge in [0.15, 0.2) is 0 Å². The van der Waals surface area contributed by atoms with Crippen molar-refractivity contribution >= 4 is 44.3 Å². The Bertz CT molecular complexity index is 720.